The number of hydrogen-bond acceptors (Lipinski definition) is 10. The van der Waals surface area contributed by atoms with Gasteiger partial charge < -0.3 is 14.0 Å². The van der Waals surface area contributed by atoms with E-state index in [1.807, 2.05) is 0 Å². The van der Waals surface area contributed by atoms with Crippen molar-refractivity contribution in [1.82, 2.24) is 4.98 Å². The SMILES string of the molecule is CCOC(=O)Cc1nc(OP(=S)(OCC)OCC)sc1CC(=O)OCC. The minimum atomic E-state index is -2.99. The molecule has 1 heterocycles. The Kier molecular flexibility index (Phi) is 10.3. The zero-order valence-electron chi connectivity index (χ0n) is 15.3. The van der Waals surface area contributed by atoms with Gasteiger partial charge in [0.15, 0.2) is 0 Å². The number of esters is 2. The van der Waals surface area contributed by atoms with Crippen LogP contribution in [0.2, 0.25) is 0 Å². The van der Waals surface area contributed by atoms with E-state index in [1.54, 1.807) is 27.7 Å². The first kappa shape index (κ1) is 23.0. The van der Waals surface area contributed by atoms with Crippen molar-refractivity contribution >= 4 is 41.8 Å². The molecule has 0 N–H and O–H groups in total. The normalized spacial score (nSPS) is 11.2. The van der Waals surface area contributed by atoms with Crippen LogP contribution in [-0.4, -0.2) is 43.4 Å². The van der Waals surface area contributed by atoms with Crippen LogP contribution in [0.15, 0.2) is 0 Å². The van der Waals surface area contributed by atoms with Gasteiger partial charge in [-0.15, -0.1) is 0 Å². The number of thiazole rings is 1. The van der Waals surface area contributed by atoms with Crippen molar-refractivity contribution in [3.8, 4) is 5.19 Å². The van der Waals surface area contributed by atoms with Crippen LogP contribution in [-0.2, 0) is 52.8 Å². The highest BCUT2D eigenvalue weighted by Gasteiger charge is 2.26. The first-order chi connectivity index (χ1) is 12.4. The largest absolute Gasteiger partial charge is 0.466 e. The van der Waals surface area contributed by atoms with Crippen LogP contribution >= 0.6 is 18.1 Å². The predicted octanol–water partition coefficient (Wildman–Crippen LogP) is 3.03. The molecule has 0 radical (unpaired) electrons. The number of carbonyl (C=O) groups is 2. The summed E-state index contributed by atoms with van der Waals surface area (Å²) in [4.78, 5) is 28.5. The van der Waals surface area contributed by atoms with Crippen molar-refractivity contribution in [1.29, 1.82) is 0 Å². The fourth-order valence-electron chi connectivity index (χ4n) is 1.87. The second kappa shape index (κ2) is 11.6. The van der Waals surface area contributed by atoms with Crippen molar-refractivity contribution in [3.05, 3.63) is 10.6 Å². The van der Waals surface area contributed by atoms with Crippen LogP contribution in [0.4, 0.5) is 0 Å². The van der Waals surface area contributed by atoms with Crippen LogP contribution in [0.1, 0.15) is 38.3 Å². The van der Waals surface area contributed by atoms with Crippen molar-refractivity contribution in [2.75, 3.05) is 26.4 Å². The first-order valence-corrected chi connectivity index (χ1v) is 11.6. The molecule has 0 aliphatic heterocycles. The van der Waals surface area contributed by atoms with Crippen LogP contribution < -0.4 is 4.52 Å². The molecule has 0 aliphatic carbocycles. The van der Waals surface area contributed by atoms with Crippen LogP contribution in [0.3, 0.4) is 0 Å². The quantitative estimate of drug-likeness (QED) is 0.370. The van der Waals surface area contributed by atoms with Crippen molar-refractivity contribution < 1.29 is 32.6 Å². The van der Waals surface area contributed by atoms with Crippen molar-refractivity contribution in [3.63, 3.8) is 0 Å². The molecule has 1 rings (SSSR count). The summed E-state index contributed by atoms with van der Waals surface area (Å²) in [6.45, 7) is 5.19. The lowest BCUT2D eigenvalue weighted by Crippen LogP contribution is -2.12. The number of nitrogens with zero attached hydrogens (tertiary/aromatic N) is 1. The smallest absolute Gasteiger partial charge is 0.382 e. The maximum Gasteiger partial charge on any atom is 0.382 e. The molecule has 1 aromatic rings. The Labute approximate surface area is 162 Å². The van der Waals surface area contributed by atoms with Crippen molar-refractivity contribution in [2.45, 2.75) is 40.5 Å². The van der Waals surface area contributed by atoms with E-state index in [4.69, 9.17) is 34.9 Å². The van der Waals surface area contributed by atoms with Gasteiger partial charge in [0, 0.05) is 16.7 Å². The summed E-state index contributed by atoms with van der Waals surface area (Å²) < 4.78 is 26.4. The van der Waals surface area contributed by atoms with Gasteiger partial charge >= 0.3 is 18.7 Å². The number of carbonyl (C=O) groups excluding carboxylic acids is 2. The molecule has 0 aliphatic rings. The van der Waals surface area contributed by atoms with Gasteiger partial charge in [-0.2, -0.15) is 0 Å². The number of rotatable bonds is 12. The Morgan fingerprint density at radius 1 is 0.962 bits per heavy atom. The van der Waals surface area contributed by atoms with E-state index < -0.39 is 18.7 Å². The van der Waals surface area contributed by atoms with Gasteiger partial charge in [0.2, 0.25) is 0 Å². The van der Waals surface area contributed by atoms with Crippen molar-refractivity contribution in [2.24, 2.45) is 0 Å². The molecule has 8 nitrogen and oxygen atoms in total. The predicted molar refractivity (Wildman–Crippen MR) is 101 cm³/mol. The van der Waals surface area contributed by atoms with Gasteiger partial charge in [-0.25, -0.2) is 4.98 Å². The summed E-state index contributed by atoms with van der Waals surface area (Å²) in [5.41, 5.74) is 0.394. The Morgan fingerprint density at radius 3 is 2.00 bits per heavy atom. The lowest BCUT2D eigenvalue weighted by molar-refractivity contribution is -0.143. The van der Waals surface area contributed by atoms with E-state index in [1.165, 1.54) is 0 Å². The highest BCUT2D eigenvalue weighted by molar-refractivity contribution is 8.07. The molecule has 0 saturated carbocycles. The topological polar surface area (TPSA) is 93.2 Å². The second-order valence-electron chi connectivity index (χ2n) is 4.69. The highest BCUT2D eigenvalue weighted by atomic mass is 32.5. The summed E-state index contributed by atoms with van der Waals surface area (Å²) in [5, 5.41) is 0.189. The molecular weight excluding hydrogens is 401 g/mol. The third-order valence-corrected chi connectivity index (χ3v) is 6.25. The van der Waals surface area contributed by atoms with Gasteiger partial charge in [-0.1, -0.05) is 11.3 Å². The zero-order chi connectivity index (χ0) is 19.6. The maximum absolute atomic E-state index is 11.8. The second-order valence-corrected chi connectivity index (χ2v) is 8.67. The van der Waals surface area contributed by atoms with E-state index in [0.29, 0.717) is 23.8 Å². The van der Waals surface area contributed by atoms with Crippen LogP contribution in [0.25, 0.3) is 0 Å². The lowest BCUT2D eigenvalue weighted by Gasteiger charge is -2.19. The minimum Gasteiger partial charge on any atom is -0.466 e. The molecule has 11 heteroatoms. The van der Waals surface area contributed by atoms with Gasteiger partial charge in [0.1, 0.15) is 0 Å². The molecule has 0 spiro atoms. The third kappa shape index (κ3) is 7.67. The fourth-order valence-corrected chi connectivity index (χ4v) is 5.13. The molecule has 0 fully saturated rings. The van der Waals surface area contributed by atoms with Gasteiger partial charge in [-0.3, -0.25) is 18.6 Å². The Hall–Kier alpha value is -1.06. The van der Waals surface area contributed by atoms with E-state index in [2.05, 4.69) is 4.98 Å². The van der Waals surface area contributed by atoms with Gasteiger partial charge in [-0.05, 0) is 27.7 Å². The third-order valence-electron chi connectivity index (χ3n) is 2.75. The molecule has 0 bridgehead atoms. The summed E-state index contributed by atoms with van der Waals surface area (Å²) in [6.07, 6.45) is -0.0929. The Morgan fingerprint density at radius 2 is 1.50 bits per heavy atom. The Bertz CT molecular complexity index is 602. The molecule has 1 aromatic heterocycles. The number of hydrogen-bond donors (Lipinski definition) is 0. The van der Waals surface area contributed by atoms with E-state index in [0.717, 1.165) is 11.3 Å². The minimum absolute atomic E-state index is 0.0181. The highest BCUT2D eigenvalue weighted by Crippen LogP contribution is 2.50. The van der Waals surface area contributed by atoms with E-state index in [-0.39, 0.29) is 31.2 Å². The van der Waals surface area contributed by atoms with Crippen LogP contribution in [0.5, 0.6) is 5.19 Å². The molecule has 0 saturated heterocycles. The average molecular weight is 425 g/mol. The van der Waals surface area contributed by atoms with E-state index >= 15 is 0 Å². The number of ether oxygens (including phenoxy) is 2. The standard InChI is InChI=1S/C15H24NO7PS2/c1-5-19-13(17)9-11-12(10-14(18)20-6-2)26-15(16-11)23-24(25,21-7-3)22-8-4/h5-10H2,1-4H3. The molecule has 0 aromatic carbocycles. The molecule has 26 heavy (non-hydrogen) atoms. The summed E-state index contributed by atoms with van der Waals surface area (Å²) in [6, 6.07) is 0. The zero-order valence-corrected chi connectivity index (χ0v) is 17.8. The first-order valence-electron chi connectivity index (χ1n) is 8.25. The Balaban J connectivity index is 3.05. The molecule has 148 valence electrons. The molecule has 0 amide bonds. The fraction of sp³-hybridized carbons (Fsp3) is 0.667. The average Bonchev–Trinajstić information content (AvgIpc) is 2.88. The van der Waals surface area contributed by atoms with Gasteiger partial charge in [0.25, 0.3) is 5.19 Å². The monoisotopic (exact) mass is 425 g/mol. The number of aromatic nitrogens is 1. The van der Waals surface area contributed by atoms with E-state index in [9.17, 15) is 9.59 Å². The molecule has 0 atom stereocenters. The lowest BCUT2D eigenvalue weighted by atomic mass is 10.2. The maximum atomic E-state index is 11.8. The molecule has 0 unspecified atom stereocenters. The summed E-state index contributed by atoms with van der Waals surface area (Å²) in [7, 11) is 0. The molecular formula is C15H24NO7PS2. The summed E-state index contributed by atoms with van der Waals surface area (Å²) >= 11 is 6.43. The van der Waals surface area contributed by atoms with Crippen LogP contribution in [0, 0.1) is 0 Å². The van der Waals surface area contributed by atoms with Gasteiger partial charge in [0.05, 0.1) is 45.0 Å². The summed E-state index contributed by atoms with van der Waals surface area (Å²) in [5.74, 6) is -0.856.